The summed E-state index contributed by atoms with van der Waals surface area (Å²) in [5.41, 5.74) is 1.22. The molecule has 0 aliphatic heterocycles. The number of methoxy groups -OCH3 is 1. The monoisotopic (exact) mass is 312 g/mol. The molecule has 2 rings (SSSR count). The van der Waals surface area contributed by atoms with Crippen molar-refractivity contribution in [1.82, 2.24) is 0 Å². The lowest BCUT2D eigenvalue weighted by molar-refractivity contribution is 0.176. The highest BCUT2D eigenvalue weighted by atomic mass is 79.9. The number of ether oxygens (including phenoxy) is 2. The minimum absolute atomic E-state index is 0.354. The van der Waals surface area contributed by atoms with Gasteiger partial charge in [-0.15, -0.1) is 0 Å². The van der Waals surface area contributed by atoms with Crippen LogP contribution in [0.25, 0.3) is 0 Å². The average molecular weight is 313 g/mol. The molecule has 1 saturated carbocycles. The van der Waals surface area contributed by atoms with E-state index in [0.29, 0.717) is 6.10 Å². The van der Waals surface area contributed by atoms with Crippen molar-refractivity contribution in [1.29, 1.82) is 0 Å². The first-order valence-electron chi connectivity index (χ1n) is 6.73. The van der Waals surface area contributed by atoms with Crippen LogP contribution in [-0.2, 0) is 5.33 Å². The third-order valence-corrected chi connectivity index (χ3v) is 4.13. The molecule has 100 valence electrons. The van der Waals surface area contributed by atoms with Crippen molar-refractivity contribution in [3.63, 3.8) is 0 Å². The van der Waals surface area contributed by atoms with Gasteiger partial charge in [0, 0.05) is 5.33 Å². The molecule has 0 unspecified atom stereocenters. The van der Waals surface area contributed by atoms with Crippen LogP contribution in [0.2, 0.25) is 0 Å². The maximum atomic E-state index is 6.15. The van der Waals surface area contributed by atoms with Gasteiger partial charge in [0.1, 0.15) is 0 Å². The zero-order valence-electron chi connectivity index (χ0n) is 11.0. The molecule has 0 spiro atoms. The van der Waals surface area contributed by atoms with Crippen molar-refractivity contribution in [3.8, 4) is 11.5 Å². The van der Waals surface area contributed by atoms with Crippen molar-refractivity contribution in [2.75, 3.05) is 7.11 Å². The van der Waals surface area contributed by atoms with E-state index in [-0.39, 0.29) is 0 Å². The second kappa shape index (κ2) is 7.03. The molecule has 1 aromatic rings. The summed E-state index contributed by atoms with van der Waals surface area (Å²) in [6.07, 6.45) is 7.95. The molecule has 1 aliphatic rings. The Morgan fingerprint density at radius 3 is 2.44 bits per heavy atom. The van der Waals surface area contributed by atoms with Crippen LogP contribution in [0.3, 0.4) is 0 Å². The summed E-state index contributed by atoms with van der Waals surface area (Å²) in [6, 6.07) is 6.13. The Hall–Kier alpha value is -0.700. The van der Waals surface area contributed by atoms with Crippen LogP contribution in [0, 0.1) is 0 Å². The first kappa shape index (κ1) is 13.7. The lowest BCUT2D eigenvalue weighted by Crippen LogP contribution is -2.15. The maximum Gasteiger partial charge on any atom is 0.161 e. The van der Waals surface area contributed by atoms with Crippen LogP contribution in [0.4, 0.5) is 0 Å². The lowest BCUT2D eigenvalue weighted by Gasteiger charge is -2.19. The van der Waals surface area contributed by atoms with Crippen LogP contribution < -0.4 is 9.47 Å². The van der Waals surface area contributed by atoms with Gasteiger partial charge in [0.15, 0.2) is 11.5 Å². The Morgan fingerprint density at radius 1 is 1.11 bits per heavy atom. The van der Waals surface area contributed by atoms with E-state index in [1.54, 1.807) is 7.11 Å². The molecule has 18 heavy (non-hydrogen) atoms. The van der Waals surface area contributed by atoms with E-state index in [1.807, 2.05) is 6.07 Å². The molecule has 0 radical (unpaired) electrons. The summed E-state index contributed by atoms with van der Waals surface area (Å²) >= 11 is 3.48. The van der Waals surface area contributed by atoms with Gasteiger partial charge in [-0.1, -0.05) is 34.8 Å². The topological polar surface area (TPSA) is 18.5 Å². The third-order valence-electron chi connectivity index (χ3n) is 3.48. The van der Waals surface area contributed by atoms with E-state index in [0.717, 1.165) is 16.8 Å². The van der Waals surface area contributed by atoms with Gasteiger partial charge < -0.3 is 9.47 Å². The van der Waals surface area contributed by atoms with Crippen molar-refractivity contribution in [3.05, 3.63) is 23.8 Å². The minimum atomic E-state index is 0.354. The standard InChI is InChI=1S/C15H21BrO2/c1-17-14-9-8-12(11-16)10-15(14)18-13-6-4-2-3-5-7-13/h8-10,13H,2-7,11H2,1H3. The Kier molecular flexibility index (Phi) is 5.36. The highest BCUT2D eigenvalue weighted by Gasteiger charge is 2.16. The summed E-state index contributed by atoms with van der Waals surface area (Å²) in [7, 11) is 1.70. The number of alkyl halides is 1. The molecule has 0 heterocycles. The first-order chi connectivity index (χ1) is 8.83. The molecule has 0 saturated heterocycles. The average Bonchev–Trinajstić information content (AvgIpc) is 2.67. The van der Waals surface area contributed by atoms with Gasteiger partial charge >= 0.3 is 0 Å². The van der Waals surface area contributed by atoms with Gasteiger partial charge in [-0.25, -0.2) is 0 Å². The Labute approximate surface area is 118 Å². The Morgan fingerprint density at radius 2 is 1.83 bits per heavy atom. The minimum Gasteiger partial charge on any atom is -0.493 e. The van der Waals surface area contributed by atoms with Crippen molar-refractivity contribution in [2.24, 2.45) is 0 Å². The predicted molar refractivity (Wildman–Crippen MR) is 77.7 cm³/mol. The molecule has 1 fully saturated rings. The van der Waals surface area contributed by atoms with Crippen molar-refractivity contribution < 1.29 is 9.47 Å². The van der Waals surface area contributed by atoms with E-state index in [1.165, 1.54) is 44.1 Å². The Balaban J connectivity index is 2.10. The van der Waals surface area contributed by atoms with Crippen molar-refractivity contribution >= 4 is 15.9 Å². The van der Waals surface area contributed by atoms with Crippen LogP contribution >= 0.6 is 15.9 Å². The normalized spacial score (nSPS) is 17.2. The fourth-order valence-corrected chi connectivity index (χ4v) is 2.78. The summed E-state index contributed by atoms with van der Waals surface area (Å²) in [5.74, 6) is 1.73. The number of benzene rings is 1. The van der Waals surface area contributed by atoms with E-state index in [4.69, 9.17) is 9.47 Å². The number of hydrogen-bond donors (Lipinski definition) is 0. The SMILES string of the molecule is COc1ccc(CBr)cc1OC1CCCCCC1. The molecule has 0 atom stereocenters. The first-order valence-corrected chi connectivity index (χ1v) is 7.85. The summed E-state index contributed by atoms with van der Waals surface area (Å²) in [4.78, 5) is 0. The van der Waals surface area contributed by atoms with Gasteiger partial charge in [0.05, 0.1) is 13.2 Å². The largest absolute Gasteiger partial charge is 0.493 e. The smallest absolute Gasteiger partial charge is 0.161 e. The molecule has 0 bridgehead atoms. The van der Waals surface area contributed by atoms with E-state index in [9.17, 15) is 0 Å². The van der Waals surface area contributed by atoms with Gasteiger partial charge in [0.2, 0.25) is 0 Å². The molecule has 0 amide bonds. The van der Waals surface area contributed by atoms with Gasteiger partial charge in [-0.05, 0) is 43.4 Å². The zero-order chi connectivity index (χ0) is 12.8. The van der Waals surface area contributed by atoms with E-state index < -0.39 is 0 Å². The Bertz CT molecular complexity index is 371. The van der Waals surface area contributed by atoms with E-state index in [2.05, 4.69) is 28.1 Å². The second-order valence-electron chi connectivity index (χ2n) is 4.85. The fraction of sp³-hybridized carbons (Fsp3) is 0.600. The maximum absolute atomic E-state index is 6.15. The molecule has 2 nitrogen and oxygen atoms in total. The molecule has 0 N–H and O–H groups in total. The summed E-state index contributed by atoms with van der Waals surface area (Å²) in [6.45, 7) is 0. The second-order valence-corrected chi connectivity index (χ2v) is 5.41. The highest BCUT2D eigenvalue weighted by Crippen LogP contribution is 2.32. The molecule has 3 heteroatoms. The third kappa shape index (κ3) is 3.64. The quantitative estimate of drug-likeness (QED) is 0.593. The zero-order valence-corrected chi connectivity index (χ0v) is 12.5. The predicted octanol–water partition coefficient (Wildman–Crippen LogP) is 4.69. The summed E-state index contributed by atoms with van der Waals surface area (Å²) < 4.78 is 11.5. The van der Waals surface area contributed by atoms with Gasteiger partial charge in [0.25, 0.3) is 0 Å². The van der Waals surface area contributed by atoms with Crippen LogP contribution in [-0.4, -0.2) is 13.2 Å². The lowest BCUT2D eigenvalue weighted by atomic mass is 10.1. The number of halogens is 1. The molecular formula is C15H21BrO2. The molecule has 1 aliphatic carbocycles. The van der Waals surface area contributed by atoms with Gasteiger partial charge in [-0.3, -0.25) is 0 Å². The highest BCUT2D eigenvalue weighted by molar-refractivity contribution is 9.08. The fourth-order valence-electron chi connectivity index (χ4n) is 2.44. The molecule has 1 aromatic carbocycles. The van der Waals surface area contributed by atoms with Gasteiger partial charge in [-0.2, -0.15) is 0 Å². The van der Waals surface area contributed by atoms with Crippen molar-refractivity contribution in [2.45, 2.75) is 50.0 Å². The van der Waals surface area contributed by atoms with E-state index >= 15 is 0 Å². The summed E-state index contributed by atoms with van der Waals surface area (Å²) in [5, 5.41) is 0.845. The van der Waals surface area contributed by atoms with Crippen LogP contribution in [0.1, 0.15) is 44.1 Å². The molecular weight excluding hydrogens is 292 g/mol. The molecule has 0 aromatic heterocycles. The number of hydrogen-bond acceptors (Lipinski definition) is 2. The van der Waals surface area contributed by atoms with Crippen LogP contribution in [0.5, 0.6) is 11.5 Å². The van der Waals surface area contributed by atoms with Crippen LogP contribution in [0.15, 0.2) is 18.2 Å². The number of rotatable bonds is 4.